The number of halogens is 1. The molecule has 138 valence electrons. The van der Waals surface area contributed by atoms with Gasteiger partial charge < -0.3 is 19.9 Å². The third-order valence-electron chi connectivity index (χ3n) is 4.97. The number of rotatable bonds is 5. The number of nitrogens with one attached hydrogen (secondary N) is 2. The molecule has 2 aromatic carbocycles. The maximum absolute atomic E-state index is 12.7. The van der Waals surface area contributed by atoms with E-state index >= 15 is 0 Å². The van der Waals surface area contributed by atoms with Gasteiger partial charge in [-0.2, -0.15) is 0 Å². The number of carbonyl (C=O) groups excluding carboxylic acids is 1. The van der Waals surface area contributed by atoms with Crippen LogP contribution in [0.2, 0.25) is 5.02 Å². The second-order valence-corrected chi connectivity index (χ2v) is 6.92. The number of quaternary nitrogens is 1. The van der Waals surface area contributed by atoms with Crippen LogP contribution in [-0.2, 0) is 4.79 Å². The minimum Gasteiger partial charge on any atom is -0.495 e. The lowest BCUT2D eigenvalue weighted by Crippen LogP contribution is -3.19. The molecule has 6 heteroatoms. The fraction of sp³-hybridized carbons (Fsp3) is 0.350. The lowest BCUT2D eigenvalue weighted by Gasteiger charge is -2.36. The van der Waals surface area contributed by atoms with Gasteiger partial charge in [0.05, 0.1) is 49.7 Å². The first-order chi connectivity index (χ1) is 12.6. The van der Waals surface area contributed by atoms with Gasteiger partial charge in [-0.1, -0.05) is 35.9 Å². The summed E-state index contributed by atoms with van der Waals surface area (Å²) < 4.78 is 5.30. The minimum absolute atomic E-state index is 0.00990. The highest BCUT2D eigenvalue weighted by atomic mass is 35.5. The number of hydrogen-bond donors (Lipinski definition) is 2. The van der Waals surface area contributed by atoms with Gasteiger partial charge in [0.15, 0.2) is 6.04 Å². The monoisotopic (exact) mass is 374 g/mol. The summed E-state index contributed by atoms with van der Waals surface area (Å²) in [6, 6.07) is 15.2. The van der Waals surface area contributed by atoms with Crippen LogP contribution in [0.3, 0.4) is 0 Å². The second kappa shape index (κ2) is 8.43. The van der Waals surface area contributed by atoms with E-state index < -0.39 is 0 Å². The summed E-state index contributed by atoms with van der Waals surface area (Å²) >= 11 is 6.30. The van der Waals surface area contributed by atoms with Gasteiger partial charge in [0, 0.05) is 0 Å². The molecule has 2 N–H and O–H groups in total. The molecule has 1 saturated heterocycles. The molecule has 1 fully saturated rings. The molecule has 26 heavy (non-hydrogen) atoms. The number of ether oxygens (including phenoxy) is 1. The van der Waals surface area contributed by atoms with Gasteiger partial charge in [0.25, 0.3) is 5.91 Å². The molecule has 0 saturated carbocycles. The van der Waals surface area contributed by atoms with Crippen molar-refractivity contribution in [2.24, 2.45) is 0 Å². The van der Waals surface area contributed by atoms with Crippen molar-refractivity contribution in [3.8, 4) is 5.75 Å². The molecule has 0 bridgehead atoms. The SMILES string of the molecule is COc1ccccc1NC(=O)[C@@H](C)[NH+]1CCN(c2ccccc2Cl)CC1. The van der Waals surface area contributed by atoms with Crippen molar-refractivity contribution in [2.45, 2.75) is 13.0 Å². The van der Waals surface area contributed by atoms with Crippen molar-refractivity contribution in [3.63, 3.8) is 0 Å². The van der Waals surface area contributed by atoms with Gasteiger partial charge in [-0.05, 0) is 31.2 Å². The predicted octanol–water partition coefficient (Wildman–Crippen LogP) is 2.08. The van der Waals surface area contributed by atoms with Crippen LogP contribution in [0.25, 0.3) is 0 Å². The molecular formula is C20H25ClN3O2+. The molecule has 1 atom stereocenters. The maximum atomic E-state index is 12.7. The summed E-state index contributed by atoms with van der Waals surface area (Å²) in [4.78, 5) is 16.2. The van der Waals surface area contributed by atoms with Crippen LogP contribution in [0.15, 0.2) is 48.5 Å². The summed E-state index contributed by atoms with van der Waals surface area (Å²) in [6.45, 7) is 5.53. The van der Waals surface area contributed by atoms with Crippen LogP contribution < -0.4 is 19.9 Å². The molecule has 0 aliphatic carbocycles. The number of benzene rings is 2. The number of para-hydroxylation sites is 3. The average molecular weight is 375 g/mol. The standard InChI is InChI=1S/C20H24ClN3O2/c1-15(20(25)22-17-8-4-6-10-19(17)26-2)23-11-13-24(14-12-23)18-9-5-3-7-16(18)21/h3-10,15H,11-14H2,1-2H3,(H,22,25)/p+1/t15-/m1/s1. The molecule has 0 unspecified atom stereocenters. The van der Waals surface area contributed by atoms with E-state index in [0.717, 1.165) is 36.9 Å². The van der Waals surface area contributed by atoms with E-state index in [4.69, 9.17) is 16.3 Å². The predicted molar refractivity (Wildman–Crippen MR) is 105 cm³/mol. The zero-order chi connectivity index (χ0) is 18.5. The summed E-state index contributed by atoms with van der Waals surface area (Å²) in [6.07, 6.45) is 0. The van der Waals surface area contributed by atoms with Gasteiger partial charge in [-0.15, -0.1) is 0 Å². The van der Waals surface area contributed by atoms with Crippen molar-refractivity contribution in [2.75, 3.05) is 43.5 Å². The Hall–Kier alpha value is -2.24. The van der Waals surface area contributed by atoms with Crippen molar-refractivity contribution >= 4 is 28.9 Å². The Bertz CT molecular complexity index is 760. The van der Waals surface area contributed by atoms with E-state index in [-0.39, 0.29) is 11.9 Å². The van der Waals surface area contributed by atoms with E-state index in [2.05, 4.69) is 10.2 Å². The Balaban J connectivity index is 1.59. The third-order valence-corrected chi connectivity index (χ3v) is 5.29. The number of nitrogens with zero attached hydrogens (tertiary/aromatic N) is 1. The van der Waals surface area contributed by atoms with Crippen LogP contribution in [0.4, 0.5) is 11.4 Å². The van der Waals surface area contributed by atoms with Crippen molar-refractivity contribution in [1.29, 1.82) is 0 Å². The normalized spacial score (nSPS) is 16.2. The van der Waals surface area contributed by atoms with Crippen LogP contribution >= 0.6 is 11.6 Å². The smallest absolute Gasteiger partial charge is 0.282 e. The highest BCUT2D eigenvalue weighted by molar-refractivity contribution is 6.33. The minimum atomic E-state index is -0.131. The van der Waals surface area contributed by atoms with E-state index in [1.807, 2.05) is 55.5 Å². The number of amides is 1. The molecule has 1 amide bonds. The lowest BCUT2D eigenvalue weighted by molar-refractivity contribution is -0.914. The summed E-state index contributed by atoms with van der Waals surface area (Å²) in [5.41, 5.74) is 1.78. The third kappa shape index (κ3) is 4.11. The Kier molecular flexibility index (Phi) is 6.01. The first kappa shape index (κ1) is 18.5. The van der Waals surface area contributed by atoms with Gasteiger partial charge in [0.2, 0.25) is 0 Å². The average Bonchev–Trinajstić information content (AvgIpc) is 2.68. The Morgan fingerprint density at radius 1 is 1.15 bits per heavy atom. The van der Waals surface area contributed by atoms with E-state index in [1.54, 1.807) is 7.11 Å². The van der Waals surface area contributed by atoms with Crippen LogP contribution in [0, 0.1) is 0 Å². The quantitative estimate of drug-likeness (QED) is 0.842. The van der Waals surface area contributed by atoms with Gasteiger partial charge in [0.1, 0.15) is 5.75 Å². The first-order valence-electron chi connectivity index (χ1n) is 8.88. The van der Waals surface area contributed by atoms with E-state index in [9.17, 15) is 4.79 Å². The highest BCUT2D eigenvalue weighted by Gasteiger charge is 2.30. The topological polar surface area (TPSA) is 46.0 Å². The van der Waals surface area contributed by atoms with Crippen molar-refractivity contribution < 1.29 is 14.4 Å². The van der Waals surface area contributed by atoms with Crippen LogP contribution in [0.5, 0.6) is 5.75 Å². The molecule has 0 aromatic heterocycles. The number of anilines is 2. The molecule has 1 heterocycles. The summed E-state index contributed by atoms with van der Waals surface area (Å²) in [5.74, 6) is 0.683. The lowest BCUT2D eigenvalue weighted by atomic mass is 10.2. The number of piperazine rings is 1. The summed E-state index contributed by atoms with van der Waals surface area (Å²) in [7, 11) is 1.60. The van der Waals surface area contributed by atoms with Crippen molar-refractivity contribution in [1.82, 2.24) is 0 Å². The van der Waals surface area contributed by atoms with E-state index in [0.29, 0.717) is 11.4 Å². The maximum Gasteiger partial charge on any atom is 0.282 e. The molecule has 5 nitrogen and oxygen atoms in total. The number of hydrogen-bond acceptors (Lipinski definition) is 3. The molecule has 3 rings (SSSR count). The fourth-order valence-electron chi connectivity index (χ4n) is 3.35. The molecule has 0 spiro atoms. The first-order valence-corrected chi connectivity index (χ1v) is 9.26. The van der Waals surface area contributed by atoms with Gasteiger partial charge >= 0.3 is 0 Å². The van der Waals surface area contributed by atoms with Crippen molar-refractivity contribution in [3.05, 3.63) is 53.6 Å². The van der Waals surface area contributed by atoms with Gasteiger partial charge in [-0.25, -0.2) is 0 Å². The molecule has 0 radical (unpaired) electrons. The zero-order valence-corrected chi connectivity index (χ0v) is 15.9. The molecule has 1 aliphatic rings. The fourth-order valence-corrected chi connectivity index (χ4v) is 3.61. The highest BCUT2D eigenvalue weighted by Crippen LogP contribution is 2.25. The van der Waals surface area contributed by atoms with Gasteiger partial charge in [-0.3, -0.25) is 4.79 Å². The second-order valence-electron chi connectivity index (χ2n) is 6.51. The Morgan fingerprint density at radius 3 is 2.50 bits per heavy atom. The van der Waals surface area contributed by atoms with Crippen LogP contribution in [-0.4, -0.2) is 45.2 Å². The Labute approximate surface area is 159 Å². The number of carbonyl (C=O) groups is 1. The Morgan fingerprint density at radius 2 is 1.81 bits per heavy atom. The van der Waals surface area contributed by atoms with Crippen LogP contribution in [0.1, 0.15) is 6.92 Å². The molecule has 2 aromatic rings. The largest absolute Gasteiger partial charge is 0.495 e. The molecule has 1 aliphatic heterocycles. The molecular weight excluding hydrogens is 350 g/mol. The van der Waals surface area contributed by atoms with E-state index in [1.165, 1.54) is 4.90 Å². The zero-order valence-electron chi connectivity index (χ0n) is 15.2. The summed E-state index contributed by atoms with van der Waals surface area (Å²) in [5, 5.41) is 3.77. The number of methoxy groups -OCH3 is 1.